The van der Waals surface area contributed by atoms with Gasteiger partial charge in [-0.15, -0.1) is 11.3 Å². The maximum atomic E-state index is 12.5. The van der Waals surface area contributed by atoms with Crippen LogP contribution in [0, 0.1) is 13.8 Å². The highest BCUT2D eigenvalue weighted by atomic mass is 32.1. The van der Waals surface area contributed by atoms with Crippen molar-refractivity contribution >= 4 is 29.2 Å². The maximum Gasteiger partial charge on any atom is 0.396 e. The highest BCUT2D eigenvalue weighted by Gasteiger charge is 2.29. The van der Waals surface area contributed by atoms with E-state index in [-0.39, 0.29) is 22.5 Å². The average molecular weight is 404 g/mol. The lowest BCUT2D eigenvalue weighted by Crippen LogP contribution is -2.12. The molecule has 2 rings (SSSR count). The molecule has 0 saturated carbocycles. The molecule has 150 valence electrons. The number of hydrogen-bond donors (Lipinski definition) is 0. The van der Waals surface area contributed by atoms with Gasteiger partial charge in [0.15, 0.2) is 0 Å². The summed E-state index contributed by atoms with van der Waals surface area (Å²) in [7, 11) is 0. The van der Waals surface area contributed by atoms with Gasteiger partial charge in [-0.1, -0.05) is 31.5 Å². The van der Waals surface area contributed by atoms with Crippen LogP contribution < -0.4 is 0 Å². The third kappa shape index (κ3) is 4.98. The first kappa shape index (κ1) is 21.6. The fraction of sp³-hybridized carbons (Fsp3) is 0.381. The first-order valence-corrected chi connectivity index (χ1v) is 9.77. The van der Waals surface area contributed by atoms with Crippen molar-refractivity contribution in [3.8, 4) is 0 Å². The van der Waals surface area contributed by atoms with Crippen molar-refractivity contribution in [1.29, 1.82) is 0 Å². The summed E-state index contributed by atoms with van der Waals surface area (Å²) >= 11 is 0.982. The summed E-state index contributed by atoms with van der Waals surface area (Å²) in [5.41, 5.74) is 2.51. The minimum Gasteiger partial charge on any atom is -0.459 e. The van der Waals surface area contributed by atoms with E-state index in [0.717, 1.165) is 16.9 Å². The Labute approximate surface area is 168 Å². The number of rotatable bonds is 5. The number of hydrogen-bond acceptors (Lipinski definition) is 7. The van der Waals surface area contributed by atoms with Gasteiger partial charge in [0.2, 0.25) is 0 Å². The number of ether oxygens (including phenoxy) is 1. The van der Waals surface area contributed by atoms with E-state index < -0.39 is 17.9 Å². The molecule has 0 unspecified atom stereocenters. The first-order chi connectivity index (χ1) is 13.1. The molecule has 0 radical (unpaired) electrons. The molecule has 0 saturated heterocycles. The summed E-state index contributed by atoms with van der Waals surface area (Å²) in [4.78, 5) is 47.0. The van der Waals surface area contributed by atoms with Crippen LogP contribution in [0.1, 0.15) is 80.0 Å². The molecule has 6 nitrogen and oxygen atoms in total. The molecular weight excluding hydrogens is 380 g/mol. The van der Waals surface area contributed by atoms with Gasteiger partial charge in [0.1, 0.15) is 9.75 Å². The second-order valence-corrected chi connectivity index (χ2v) is 8.04. The van der Waals surface area contributed by atoms with E-state index in [2.05, 4.69) is 0 Å². The van der Waals surface area contributed by atoms with E-state index >= 15 is 0 Å². The Morgan fingerprint density at radius 1 is 0.893 bits per heavy atom. The predicted octanol–water partition coefficient (Wildman–Crippen LogP) is 4.98. The molecule has 0 bridgehead atoms. The lowest BCUT2D eigenvalue weighted by Gasteiger charge is -2.09. The Morgan fingerprint density at radius 2 is 1.54 bits per heavy atom. The fourth-order valence-corrected chi connectivity index (χ4v) is 3.98. The van der Waals surface area contributed by atoms with Gasteiger partial charge in [0, 0.05) is 0 Å². The molecule has 0 fully saturated rings. The molecule has 1 heterocycles. The molecule has 0 aliphatic carbocycles. The molecular formula is C21H24O6S. The SMILES string of the molecule is Cc1cccc(C(=O)OOC(=O)c2sc(C(=O)OC(C)C)c(C)c2C(C)C)c1. The first-order valence-electron chi connectivity index (χ1n) is 8.95. The third-order valence-corrected chi connectivity index (χ3v) is 5.20. The fourth-order valence-electron chi connectivity index (χ4n) is 2.77. The molecule has 0 spiro atoms. The predicted molar refractivity (Wildman–Crippen MR) is 106 cm³/mol. The van der Waals surface area contributed by atoms with Gasteiger partial charge in [-0.2, -0.15) is 0 Å². The summed E-state index contributed by atoms with van der Waals surface area (Å²) in [5, 5.41) is 0. The molecule has 1 aromatic heterocycles. The summed E-state index contributed by atoms with van der Waals surface area (Å²) in [5.74, 6) is -2.11. The molecule has 0 amide bonds. The van der Waals surface area contributed by atoms with Gasteiger partial charge in [-0.25, -0.2) is 24.2 Å². The van der Waals surface area contributed by atoms with Crippen LogP contribution in [0.4, 0.5) is 0 Å². The Balaban J connectivity index is 2.22. The minimum absolute atomic E-state index is 0.0353. The highest BCUT2D eigenvalue weighted by molar-refractivity contribution is 7.16. The van der Waals surface area contributed by atoms with Crippen molar-refractivity contribution in [3.05, 3.63) is 56.3 Å². The maximum absolute atomic E-state index is 12.5. The molecule has 0 N–H and O–H groups in total. The van der Waals surface area contributed by atoms with Crippen molar-refractivity contribution in [1.82, 2.24) is 0 Å². The minimum atomic E-state index is -0.818. The summed E-state index contributed by atoms with van der Waals surface area (Å²) in [6.07, 6.45) is -0.276. The lowest BCUT2D eigenvalue weighted by atomic mass is 9.98. The van der Waals surface area contributed by atoms with Crippen LogP contribution >= 0.6 is 11.3 Å². The molecule has 0 aliphatic heterocycles. The van der Waals surface area contributed by atoms with E-state index in [4.69, 9.17) is 14.5 Å². The normalized spacial score (nSPS) is 10.9. The Morgan fingerprint density at radius 3 is 2.11 bits per heavy atom. The standard InChI is InChI=1S/C21H24O6S/c1-11(2)16-14(6)17(20(23)25-12(3)4)28-18(16)21(24)27-26-19(22)15-9-7-8-13(5)10-15/h7-12H,1-6H3. The van der Waals surface area contributed by atoms with Crippen molar-refractivity contribution in [2.75, 3.05) is 0 Å². The molecule has 7 heteroatoms. The van der Waals surface area contributed by atoms with E-state index in [1.165, 1.54) is 0 Å². The van der Waals surface area contributed by atoms with Crippen LogP contribution in [0.3, 0.4) is 0 Å². The van der Waals surface area contributed by atoms with E-state index in [1.807, 2.05) is 26.8 Å². The van der Waals surface area contributed by atoms with Crippen LogP contribution in [0.2, 0.25) is 0 Å². The van der Waals surface area contributed by atoms with Crippen LogP contribution in [0.25, 0.3) is 0 Å². The van der Waals surface area contributed by atoms with Crippen LogP contribution in [0.15, 0.2) is 24.3 Å². The lowest BCUT2D eigenvalue weighted by molar-refractivity contribution is -0.187. The number of thiophene rings is 1. The van der Waals surface area contributed by atoms with Gasteiger partial charge in [-0.05, 0) is 56.9 Å². The number of benzene rings is 1. The van der Waals surface area contributed by atoms with Gasteiger partial charge >= 0.3 is 17.9 Å². The van der Waals surface area contributed by atoms with Crippen molar-refractivity contribution in [3.63, 3.8) is 0 Å². The Kier molecular flexibility index (Phi) is 6.96. The van der Waals surface area contributed by atoms with Gasteiger partial charge < -0.3 is 4.74 Å². The van der Waals surface area contributed by atoms with E-state index in [0.29, 0.717) is 16.0 Å². The molecule has 0 aliphatic rings. The van der Waals surface area contributed by atoms with Gasteiger partial charge in [0.25, 0.3) is 0 Å². The van der Waals surface area contributed by atoms with Gasteiger partial charge in [-0.3, -0.25) is 0 Å². The molecule has 0 atom stereocenters. The zero-order valence-electron chi connectivity index (χ0n) is 16.8. The highest BCUT2D eigenvalue weighted by Crippen LogP contribution is 2.34. The van der Waals surface area contributed by atoms with Crippen molar-refractivity contribution < 1.29 is 28.9 Å². The van der Waals surface area contributed by atoms with Crippen LogP contribution in [-0.4, -0.2) is 24.0 Å². The second-order valence-electron chi connectivity index (χ2n) is 7.02. The largest absolute Gasteiger partial charge is 0.459 e. The topological polar surface area (TPSA) is 78.9 Å². The number of carbonyl (C=O) groups excluding carboxylic acids is 3. The monoisotopic (exact) mass is 404 g/mol. The summed E-state index contributed by atoms with van der Waals surface area (Å²) < 4.78 is 5.25. The molecule has 2 aromatic rings. The second kappa shape index (κ2) is 9.01. The van der Waals surface area contributed by atoms with Gasteiger partial charge in [0.05, 0.1) is 11.7 Å². The van der Waals surface area contributed by atoms with Crippen LogP contribution in [0.5, 0.6) is 0 Å². The van der Waals surface area contributed by atoms with Crippen LogP contribution in [-0.2, 0) is 14.5 Å². The Hall–Kier alpha value is -2.67. The third-order valence-electron chi connectivity index (χ3n) is 3.93. The number of carbonyl (C=O) groups is 3. The summed E-state index contributed by atoms with van der Waals surface area (Å²) in [6, 6.07) is 6.74. The average Bonchev–Trinajstić information content (AvgIpc) is 2.96. The van der Waals surface area contributed by atoms with E-state index in [9.17, 15) is 14.4 Å². The number of aryl methyl sites for hydroxylation is 1. The number of esters is 1. The molecule has 28 heavy (non-hydrogen) atoms. The molecule has 1 aromatic carbocycles. The quantitative estimate of drug-likeness (QED) is 0.397. The van der Waals surface area contributed by atoms with Crippen molar-refractivity contribution in [2.45, 2.75) is 53.6 Å². The zero-order valence-corrected chi connectivity index (χ0v) is 17.6. The van der Waals surface area contributed by atoms with Crippen molar-refractivity contribution in [2.24, 2.45) is 0 Å². The zero-order chi connectivity index (χ0) is 21.0. The Bertz CT molecular complexity index is 894. The van der Waals surface area contributed by atoms with E-state index in [1.54, 1.807) is 39.0 Å². The smallest absolute Gasteiger partial charge is 0.396 e. The summed E-state index contributed by atoms with van der Waals surface area (Å²) in [6.45, 7) is 10.9.